The van der Waals surface area contributed by atoms with Gasteiger partial charge in [0.15, 0.2) is 4.80 Å². The van der Waals surface area contributed by atoms with Gasteiger partial charge in [0.25, 0.3) is 11.2 Å². The number of nitrogens with zero attached hydrogens (tertiary/aromatic N) is 3. The summed E-state index contributed by atoms with van der Waals surface area (Å²) in [5.41, 5.74) is 0.732. The molecule has 180 valence electrons. The van der Waals surface area contributed by atoms with Crippen molar-refractivity contribution in [2.75, 3.05) is 6.61 Å². The SMILES string of the molecule is CCOC(=O)C1=C(C)N=c2s/c(=C\c3cc([N+](=O)[O-])cc(Br)c3O)c(=O)n2[C@H]1c1ccc(Br)cc1. The third-order valence-corrected chi connectivity index (χ3v) is 7.39. The molecule has 2 aromatic carbocycles. The maximum absolute atomic E-state index is 13.6. The first-order valence-electron chi connectivity index (χ1n) is 10.2. The number of non-ortho nitro benzene ring substituents is 1. The van der Waals surface area contributed by atoms with Crippen LogP contribution in [0.15, 0.2) is 66.4 Å². The van der Waals surface area contributed by atoms with Gasteiger partial charge in [-0.25, -0.2) is 9.79 Å². The van der Waals surface area contributed by atoms with Crippen molar-refractivity contribution in [2.24, 2.45) is 4.99 Å². The van der Waals surface area contributed by atoms with Gasteiger partial charge in [0.1, 0.15) is 5.75 Å². The molecule has 0 radical (unpaired) electrons. The van der Waals surface area contributed by atoms with Gasteiger partial charge < -0.3 is 9.84 Å². The summed E-state index contributed by atoms with van der Waals surface area (Å²) in [7, 11) is 0. The molecule has 0 spiro atoms. The second-order valence-electron chi connectivity index (χ2n) is 7.48. The fourth-order valence-corrected chi connectivity index (χ4v) is 5.48. The third kappa shape index (κ3) is 4.73. The smallest absolute Gasteiger partial charge is 0.338 e. The summed E-state index contributed by atoms with van der Waals surface area (Å²) < 4.78 is 7.81. The molecule has 1 aromatic heterocycles. The number of carbonyl (C=O) groups is 1. The first-order chi connectivity index (χ1) is 16.6. The van der Waals surface area contributed by atoms with Crippen molar-refractivity contribution in [3.63, 3.8) is 0 Å². The molecule has 35 heavy (non-hydrogen) atoms. The minimum atomic E-state index is -0.786. The van der Waals surface area contributed by atoms with E-state index in [1.54, 1.807) is 26.0 Å². The lowest BCUT2D eigenvalue weighted by atomic mass is 9.96. The van der Waals surface area contributed by atoms with Gasteiger partial charge in [0.2, 0.25) is 0 Å². The van der Waals surface area contributed by atoms with Crippen molar-refractivity contribution in [1.29, 1.82) is 0 Å². The van der Waals surface area contributed by atoms with Crippen LogP contribution in [0.5, 0.6) is 5.75 Å². The normalized spacial score (nSPS) is 15.5. The summed E-state index contributed by atoms with van der Waals surface area (Å²) in [6.45, 7) is 3.54. The van der Waals surface area contributed by atoms with E-state index < -0.39 is 22.5 Å². The average molecular weight is 623 g/mol. The van der Waals surface area contributed by atoms with Crippen LogP contribution in [-0.2, 0) is 9.53 Å². The van der Waals surface area contributed by atoms with Crippen LogP contribution in [0.3, 0.4) is 0 Å². The van der Waals surface area contributed by atoms with E-state index in [9.17, 15) is 24.8 Å². The van der Waals surface area contributed by atoms with Crippen molar-refractivity contribution in [2.45, 2.75) is 19.9 Å². The Morgan fingerprint density at radius 1 is 1.31 bits per heavy atom. The molecule has 0 fully saturated rings. The Kier molecular flexibility index (Phi) is 7.06. The molecule has 2 heterocycles. The number of phenols is 1. The van der Waals surface area contributed by atoms with Crippen LogP contribution in [0.1, 0.15) is 31.0 Å². The third-order valence-electron chi connectivity index (χ3n) is 5.28. The molecule has 1 N–H and O–H groups in total. The number of carbonyl (C=O) groups excluding carboxylic acids is 1. The number of aromatic hydroxyl groups is 1. The van der Waals surface area contributed by atoms with E-state index in [0.29, 0.717) is 16.1 Å². The maximum atomic E-state index is 13.6. The van der Waals surface area contributed by atoms with Crippen LogP contribution in [0, 0.1) is 10.1 Å². The Balaban J connectivity index is 1.98. The lowest BCUT2D eigenvalue weighted by molar-refractivity contribution is -0.385. The number of rotatable bonds is 5. The molecule has 0 amide bonds. The topological polar surface area (TPSA) is 124 Å². The zero-order chi connectivity index (χ0) is 25.4. The van der Waals surface area contributed by atoms with Crippen LogP contribution >= 0.6 is 43.2 Å². The van der Waals surface area contributed by atoms with Gasteiger partial charge in [0, 0.05) is 22.2 Å². The van der Waals surface area contributed by atoms with E-state index in [4.69, 9.17) is 4.74 Å². The summed E-state index contributed by atoms with van der Waals surface area (Å²) in [5, 5.41) is 21.7. The molecule has 0 saturated carbocycles. The average Bonchev–Trinajstić information content (AvgIpc) is 3.10. The molecule has 1 aliphatic rings. The number of nitro benzene ring substituents is 1. The molecule has 0 unspecified atom stereocenters. The molecule has 3 aromatic rings. The van der Waals surface area contributed by atoms with Crippen molar-refractivity contribution in [3.05, 3.63) is 97.5 Å². The van der Waals surface area contributed by atoms with Crippen molar-refractivity contribution in [3.8, 4) is 5.75 Å². The number of esters is 1. The minimum Gasteiger partial charge on any atom is -0.506 e. The highest BCUT2D eigenvalue weighted by Crippen LogP contribution is 2.34. The molecule has 12 heteroatoms. The largest absolute Gasteiger partial charge is 0.506 e. The second kappa shape index (κ2) is 9.88. The maximum Gasteiger partial charge on any atom is 0.338 e. The number of hydrogen-bond donors (Lipinski definition) is 1. The number of thiazole rings is 1. The van der Waals surface area contributed by atoms with E-state index >= 15 is 0 Å². The molecule has 9 nitrogen and oxygen atoms in total. The lowest BCUT2D eigenvalue weighted by Gasteiger charge is -2.24. The minimum absolute atomic E-state index is 0.0952. The van der Waals surface area contributed by atoms with Gasteiger partial charge in [-0.3, -0.25) is 19.5 Å². The number of hydrogen-bond acceptors (Lipinski definition) is 8. The molecule has 1 atom stereocenters. The zero-order valence-electron chi connectivity index (χ0n) is 18.3. The second-order valence-corrected chi connectivity index (χ2v) is 10.3. The number of halogens is 2. The summed E-state index contributed by atoms with van der Waals surface area (Å²) in [6, 6.07) is 8.78. The summed E-state index contributed by atoms with van der Waals surface area (Å²) in [4.78, 5) is 42.0. The molecule has 0 saturated heterocycles. The Labute approximate surface area is 219 Å². The van der Waals surface area contributed by atoms with Gasteiger partial charge in [-0.05, 0) is 53.5 Å². The summed E-state index contributed by atoms with van der Waals surface area (Å²) in [5.74, 6) is -0.814. The molecular weight excluding hydrogens is 606 g/mol. The van der Waals surface area contributed by atoms with Crippen molar-refractivity contribution >= 4 is 60.9 Å². The number of allylic oxidation sites excluding steroid dienone is 1. The van der Waals surface area contributed by atoms with Crippen LogP contribution in [-0.4, -0.2) is 27.2 Å². The Morgan fingerprint density at radius 2 is 2.00 bits per heavy atom. The molecule has 0 aliphatic carbocycles. The highest BCUT2D eigenvalue weighted by Gasteiger charge is 2.33. The van der Waals surface area contributed by atoms with E-state index in [2.05, 4.69) is 36.9 Å². The van der Waals surface area contributed by atoms with Crippen molar-refractivity contribution in [1.82, 2.24) is 4.57 Å². The number of fused-ring (bicyclic) bond motifs is 1. The number of aromatic nitrogens is 1. The predicted molar refractivity (Wildman–Crippen MR) is 137 cm³/mol. The molecule has 0 bridgehead atoms. The van der Waals surface area contributed by atoms with Gasteiger partial charge in [0.05, 0.1) is 37.8 Å². The Morgan fingerprint density at radius 3 is 2.63 bits per heavy atom. The first kappa shape index (κ1) is 25.0. The Bertz CT molecular complexity index is 1570. The highest BCUT2D eigenvalue weighted by molar-refractivity contribution is 9.10. The number of nitro groups is 1. The van der Waals surface area contributed by atoms with Crippen LogP contribution < -0.4 is 14.9 Å². The standard InChI is InChI=1S/C23H17Br2N3O6S/c1-3-34-22(31)18-11(2)26-23-27(19(18)12-4-6-14(24)7-5-12)21(30)17(35-23)9-13-8-15(28(32)33)10-16(25)20(13)29/h4-10,19,29H,3H2,1-2H3/b17-9-/t19-/m0/s1. The van der Waals surface area contributed by atoms with Crippen molar-refractivity contribution < 1.29 is 19.6 Å². The van der Waals surface area contributed by atoms with E-state index in [-0.39, 0.29) is 38.2 Å². The number of benzene rings is 2. The van der Waals surface area contributed by atoms with Crippen LogP contribution in [0.2, 0.25) is 0 Å². The highest BCUT2D eigenvalue weighted by atomic mass is 79.9. The van der Waals surface area contributed by atoms with Crippen LogP contribution in [0.25, 0.3) is 6.08 Å². The fourth-order valence-electron chi connectivity index (χ4n) is 3.71. The molecule has 1 aliphatic heterocycles. The number of ether oxygens (including phenoxy) is 1. The number of phenolic OH excluding ortho intramolecular Hbond substituents is 1. The summed E-state index contributed by atoms with van der Waals surface area (Å²) in [6.07, 6.45) is 1.37. The Hall–Kier alpha value is -3.09. The van der Waals surface area contributed by atoms with Gasteiger partial charge >= 0.3 is 5.97 Å². The molecule has 4 rings (SSSR count). The predicted octanol–water partition coefficient (Wildman–Crippen LogP) is 3.94. The van der Waals surface area contributed by atoms with E-state index in [0.717, 1.165) is 15.8 Å². The fraction of sp³-hybridized carbons (Fsp3) is 0.174. The van der Waals surface area contributed by atoms with Gasteiger partial charge in [-0.15, -0.1) is 0 Å². The quantitative estimate of drug-likeness (QED) is 0.261. The molecular formula is C23H17Br2N3O6S. The lowest BCUT2D eigenvalue weighted by Crippen LogP contribution is -2.39. The first-order valence-corrected chi connectivity index (χ1v) is 12.6. The van der Waals surface area contributed by atoms with E-state index in [1.807, 2.05) is 12.1 Å². The van der Waals surface area contributed by atoms with Crippen LogP contribution in [0.4, 0.5) is 5.69 Å². The van der Waals surface area contributed by atoms with E-state index in [1.165, 1.54) is 22.8 Å². The van der Waals surface area contributed by atoms with Gasteiger partial charge in [-0.1, -0.05) is 39.4 Å². The monoisotopic (exact) mass is 621 g/mol. The zero-order valence-corrected chi connectivity index (χ0v) is 22.3. The van der Waals surface area contributed by atoms with Gasteiger partial charge in [-0.2, -0.15) is 0 Å². The summed E-state index contributed by atoms with van der Waals surface area (Å²) >= 11 is 7.56.